The van der Waals surface area contributed by atoms with Crippen molar-refractivity contribution in [3.8, 4) is 11.1 Å². The van der Waals surface area contributed by atoms with Crippen LogP contribution in [-0.4, -0.2) is 20.5 Å². The molecule has 0 atom stereocenters. The van der Waals surface area contributed by atoms with Crippen LogP contribution in [0, 0.1) is 12.7 Å². The van der Waals surface area contributed by atoms with Crippen molar-refractivity contribution in [2.45, 2.75) is 25.7 Å². The minimum absolute atomic E-state index is 0.211. The Morgan fingerprint density at radius 1 is 1.32 bits per heavy atom. The molecule has 1 N–H and O–H groups in total. The number of aromatic carboxylic acids is 1. The molecule has 1 aliphatic rings. The lowest BCUT2D eigenvalue weighted by Gasteiger charge is -2.16. The van der Waals surface area contributed by atoms with E-state index in [9.17, 15) is 19.1 Å². The number of pyridine rings is 3. The molecule has 4 rings (SSSR count). The van der Waals surface area contributed by atoms with Crippen molar-refractivity contribution in [1.82, 2.24) is 9.38 Å². The predicted octanol–water partition coefficient (Wildman–Crippen LogP) is 3.38. The Morgan fingerprint density at radius 3 is 2.60 bits per heavy atom. The summed E-state index contributed by atoms with van der Waals surface area (Å²) in [5.41, 5.74) is 2.07. The summed E-state index contributed by atoms with van der Waals surface area (Å²) >= 11 is 0. The largest absolute Gasteiger partial charge is 0.477 e. The summed E-state index contributed by atoms with van der Waals surface area (Å²) in [6.45, 7) is 1.76. The Labute approximate surface area is 142 Å². The molecule has 0 saturated heterocycles. The van der Waals surface area contributed by atoms with Crippen molar-refractivity contribution in [2.24, 2.45) is 0 Å². The van der Waals surface area contributed by atoms with Crippen molar-refractivity contribution in [3.05, 3.63) is 69.7 Å². The van der Waals surface area contributed by atoms with Gasteiger partial charge in [0.1, 0.15) is 11.4 Å². The number of hydrogen-bond acceptors (Lipinski definition) is 3. The van der Waals surface area contributed by atoms with Gasteiger partial charge in [-0.15, -0.1) is 0 Å². The number of aromatic nitrogens is 2. The van der Waals surface area contributed by atoms with Gasteiger partial charge in [0.25, 0.3) is 5.56 Å². The van der Waals surface area contributed by atoms with E-state index in [-0.39, 0.29) is 11.5 Å². The van der Waals surface area contributed by atoms with Gasteiger partial charge in [0.2, 0.25) is 0 Å². The minimum Gasteiger partial charge on any atom is -0.477 e. The zero-order valence-corrected chi connectivity index (χ0v) is 13.5. The zero-order valence-electron chi connectivity index (χ0n) is 13.5. The summed E-state index contributed by atoms with van der Waals surface area (Å²) in [4.78, 5) is 27.9. The Morgan fingerprint density at radius 2 is 2.00 bits per heavy atom. The van der Waals surface area contributed by atoms with Crippen LogP contribution in [0.15, 0.2) is 41.6 Å². The van der Waals surface area contributed by atoms with Gasteiger partial charge in [0, 0.05) is 24.2 Å². The molecule has 3 aromatic heterocycles. The van der Waals surface area contributed by atoms with Gasteiger partial charge in [-0.2, -0.15) is 0 Å². The van der Waals surface area contributed by atoms with Gasteiger partial charge in [-0.3, -0.25) is 14.2 Å². The SMILES string of the molecule is Cc1c(-c2ccncc2)c(F)cn2c(=O)c(C(=O)O)cc(C3CC3)c12. The van der Waals surface area contributed by atoms with Crippen molar-refractivity contribution < 1.29 is 14.3 Å². The highest BCUT2D eigenvalue weighted by molar-refractivity contribution is 5.89. The maximum absolute atomic E-state index is 14.8. The molecule has 126 valence electrons. The van der Waals surface area contributed by atoms with E-state index in [2.05, 4.69) is 4.98 Å². The van der Waals surface area contributed by atoms with Gasteiger partial charge in [-0.05, 0) is 60.6 Å². The summed E-state index contributed by atoms with van der Waals surface area (Å²) in [6, 6.07) is 4.88. The van der Waals surface area contributed by atoms with Gasteiger partial charge >= 0.3 is 5.97 Å². The molecule has 1 saturated carbocycles. The molecule has 5 nitrogen and oxygen atoms in total. The highest BCUT2D eigenvalue weighted by atomic mass is 19.1. The molecule has 0 radical (unpaired) electrons. The Kier molecular flexibility index (Phi) is 3.42. The number of nitrogens with zero attached hydrogens (tertiary/aromatic N) is 2. The first-order valence-electron chi connectivity index (χ1n) is 8.01. The molecule has 0 aromatic carbocycles. The topological polar surface area (TPSA) is 71.7 Å². The highest BCUT2D eigenvalue weighted by Gasteiger charge is 2.30. The number of aryl methyl sites for hydroxylation is 1. The molecule has 0 bridgehead atoms. The van der Waals surface area contributed by atoms with Crippen LogP contribution in [0.25, 0.3) is 16.6 Å². The molecule has 25 heavy (non-hydrogen) atoms. The standard InChI is InChI=1S/C19H15FN2O3/c1-10-16(12-4-6-21-7-5-12)15(20)9-22-17(10)13(11-2-3-11)8-14(18(22)23)19(24)25/h4-9,11H,2-3H2,1H3,(H,24,25). The first kappa shape index (κ1) is 15.5. The van der Waals surface area contributed by atoms with Crippen LogP contribution in [0.1, 0.15) is 40.2 Å². The predicted molar refractivity (Wildman–Crippen MR) is 90.5 cm³/mol. The minimum atomic E-state index is -1.29. The summed E-state index contributed by atoms with van der Waals surface area (Å²) in [6.07, 6.45) is 6.14. The number of rotatable bonds is 3. The quantitative estimate of drug-likeness (QED) is 0.795. The van der Waals surface area contributed by atoms with Crippen LogP contribution < -0.4 is 5.56 Å². The summed E-state index contributed by atoms with van der Waals surface area (Å²) in [5.74, 6) is -1.65. The van der Waals surface area contributed by atoms with E-state index in [1.165, 1.54) is 6.07 Å². The third kappa shape index (κ3) is 2.41. The van der Waals surface area contributed by atoms with E-state index in [4.69, 9.17) is 0 Å². The van der Waals surface area contributed by atoms with Crippen LogP contribution >= 0.6 is 0 Å². The fraction of sp³-hybridized carbons (Fsp3) is 0.211. The van der Waals surface area contributed by atoms with Crippen molar-refractivity contribution >= 4 is 11.5 Å². The zero-order chi connectivity index (χ0) is 17.7. The van der Waals surface area contributed by atoms with Gasteiger partial charge < -0.3 is 5.11 Å². The number of fused-ring (bicyclic) bond motifs is 1. The molecule has 0 aliphatic heterocycles. The monoisotopic (exact) mass is 338 g/mol. The number of carboxylic acids is 1. The average molecular weight is 338 g/mol. The lowest BCUT2D eigenvalue weighted by atomic mass is 9.96. The summed E-state index contributed by atoms with van der Waals surface area (Å²) < 4.78 is 15.9. The lowest BCUT2D eigenvalue weighted by molar-refractivity contribution is 0.0694. The molecule has 1 fully saturated rings. The Hall–Kier alpha value is -3.02. The number of carbonyl (C=O) groups is 1. The van der Waals surface area contributed by atoms with E-state index >= 15 is 0 Å². The summed E-state index contributed by atoms with van der Waals surface area (Å²) in [7, 11) is 0. The molecule has 0 unspecified atom stereocenters. The maximum Gasteiger partial charge on any atom is 0.341 e. The van der Waals surface area contributed by atoms with Crippen LogP contribution in [0.2, 0.25) is 0 Å². The molecule has 0 spiro atoms. The second-order valence-electron chi connectivity index (χ2n) is 6.33. The summed E-state index contributed by atoms with van der Waals surface area (Å²) in [5, 5.41) is 9.31. The van der Waals surface area contributed by atoms with Gasteiger partial charge in [-0.25, -0.2) is 9.18 Å². The lowest BCUT2D eigenvalue weighted by Crippen LogP contribution is -2.24. The van der Waals surface area contributed by atoms with E-state index < -0.39 is 17.3 Å². The first-order valence-corrected chi connectivity index (χ1v) is 8.01. The molecular formula is C19H15FN2O3. The molecule has 1 aliphatic carbocycles. The van der Waals surface area contributed by atoms with Crippen LogP contribution in [0.4, 0.5) is 4.39 Å². The third-order valence-electron chi connectivity index (χ3n) is 4.69. The van der Waals surface area contributed by atoms with Gasteiger partial charge in [0.15, 0.2) is 0 Å². The molecule has 6 heteroatoms. The smallest absolute Gasteiger partial charge is 0.341 e. The third-order valence-corrected chi connectivity index (χ3v) is 4.69. The van der Waals surface area contributed by atoms with E-state index in [1.54, 1.807) is 31.5 Å². The number of hydrogen-bond donors (Lipinski definition) is 1. The molecule has 0 amide bonds. The number of halogens is 1. The van der Waals surface area contributed by atoms with Crippen molar-refractivity contribution in [2.75, 3.05) is 0 Å². The highest BCUT2D eigenvalue weighted by Crippen LogP contribution is 2.43. The molecule has 3 aromatic rings. The average Bonchev–Trinajstić information content (AvgIpc) is 3.41. The maximum atomic E-state index is 14.8. The van der Waals surface area contributed by atoms with Crippen LogP contribution in [-0.2, 0) is 0 Å². The van der Waals surface area contributed by atoms with E-state index in [0.29, 0.717) is 22.2 Å². The second-order valence-corrected chi connectivity index (χ2v) is 6.33. The Bertz CT molecular complexity index is 1070. The van der Waals surface area contributed by atoms with Crippen molar-refractivity contribution in [3.63, 3.8) is 0 Å². The van der Waals surface area contributed by atoms with Crippen LogP contribution in [0.5, 0.6) is 0 Å². The van der Waals surface area contributed by atoms with Crippen LogP contribution in [0.3, 0.4) is 0 Å². The van der Waals surface area contributed by atoms with Gasteiger partial charge in [-0.1, -0.05) is 0 Å². The number of carboxylic acid groups (broad SMARTS) is 1. The normalized spacial score (nSPS) is 14.0. The Balaban J connectivity index is 2.14. The fourth-order valence-corrected chi connectivity index (χ4v) is 3.38. The molecule has 3 heterocycles. The van der Waals surface area contributed by atoms with Crippen molar-refractivity contribution in [1.29, 1.82) is 0 Å². The van der Waals surface area contributed by atoms with E-state index in [0.717, 1.165) is 29.0 Å². The van der Waals surface area contributed by atoms with E-state index in [1.807, 2.05) is 0 Å². The first-order chi connectivity index (χ1) is 12.0. The second kappa shape index (κ2) is 5.51. The fourth-order valence-electron chi connectivity index (χ4n) is 3.38. The van der Waals surface area contributed by atoms with Gasteiger partial charge in [0.05, 0.1) is 5.52 Å². The molecular weight excluding hydrogens is 323 g/mol.